The number of rotatable bonds is 14. The minimum absolute atomic E-state index is 0.0456. The smallest absolute Gasteiger partial charge is 0.291 e. The molecule has 0 bridgehead atoms. The van der Waals surface area contributed by atoms with E-state index in [1.807, 2.05) is 13.8 Å². The SMILES string of the molecule is CCC(CC1C[C@@H]1C)C(C)NC(=O)c1onc(OCC(C)(C)C(=O)NCCN)c1SC1CCCC1. The predicted octanol–water partition coefficient (Wildman–Crippen LogP) is 4.38. The molecule has 2 aliphatic carbocycles. The van der Waals surface area contributed by atoms with Gasteiger partial charge >= 0.3 is 0 Å². The second-order valence-corrected chi connectivity index (χ2v) is 12.3. The molecule has 4 atom stereocenters. The highest BCUT2D eigenvalue weighted by molar-refractivity contribution is 8.00. The van der Waals surface area contributed by atoms with Crippen LogP contribution < -0.4 is 21.1 Å². The lowest BCUT2D eigenvalue weighted by molar-refractivity contribution is -0.130. The van der Waals surface area contributed by atoms with Crippen LogP contribution in [0, 0.1) is 23.2 Å². The highest BCUT2D eigenvalue weighted by Crippen LogP contribution is 2.44. The zero-order chi connectivity index (χ0) is 25.6. The van der Waals surface area contributed by atoms with Crippen LogP contribution in [0.3, 0.4) is 0 Å². The first-order valence-corrected chi connectivity index (χ1v) is 14.1. The van der Waals surface area contributed by atoms with Crippen molar-refractivity contribution in [2.75, 3.05) is 19.7 Å². The van der Waals surface area contributed by atoms with E-state index in [9.17, 15) is 9.59 Å². The third-order valence-electron chi connectivity index (χ3n) is 7.50. The lowest BCUT2D eigenvalue weighted by Crippen LogP contribution is -2.42. The van der Waals surface area contributed by atoms with Crippen LogP contribution in [0.5, 0.6) is 5.88 Å². The zero-order valence-electron chi connectivity index (χ0n) is 22.0. The van der Waals surface area contributed by atoms with Crippen molar-refractivity contribution in [2.45, 2.75) is 95.8 Å². The van der Waals surface area contributed by atoms with Gasteiger partial charge in [0.25, 0.3) is 11.8 Å². The molecule has 9 heteroatoms. The molecule has 4 N–H and O–H groups in total. The summed E-state index contributed by atoms with van der Waals surface area (Å²) in [6.45, 7) is 11.1. The summed E-state index contributed by atoms with van der Waals surface area (Å²) in [6.07, 6.45) is 8.03. The molecule has 198 valence electrons. The Morgan fingerprint density at radius 3 is 2.60 bits per heavy atom. The van der Waals surface area contributed by atoms with Gasteiger partial charge in [0.1, 0.15) is 11.5 Å². The molecule has 0 saturated heterocycles. The van der Waals surface area contributed by atoms with E-state index in [2.05, 4.69) is 36.6 Å². The molecule has 0 aromatic carbocycles. The lowest BCUT2D eigenvalue weighted by Gasteiger charge is -2.24. The zero-order valence-corrected chi connectivity index (χ0v) is 22.8. The van der Waals surface area contributed by atoms with Crippen LogP contribution in [0.2, 0.25) is 0 Å². The van der Waals surface area contributed by atoms with Crippen molar-refractivity contribution < 1.29 is 18.8 Å². The van der Waals surface area contributed by atoms with Crippen LogP contribution >= 0.6 is 11.8 Å². The molecule has 2 saturated carbocycles. The van der Waals surface area contributed by atoms with Crippen LogP contribution in [0.1, 0.15) is 90.1 Å². The molecular formula is C26H44N4O4S. The van der Waals surface area contributed by atoms with Crippen molar-refractivity contribution in [3.8, 4) is 5.88 Å². The van der Waals surface area contributed by atoms with E-state index in [1.54, 1.807) is 11.8 Å². The number of aromatic nitrogens is 1. The van der Waals surface area contributed by atoms with Crippen molar-refractivity contribution in [3.05, 3.63) is 5.76 Å². The van der Waals surface area contributed by atoms with Gasteiger partial charge in [-0.2, -0.15) is 0 Å². The third kappa shape index (κ3) is 7.62. The average molecular weight is 509 g/mol. The molecule has 35 heavy (non-hydrogen) atoms. The molecule has 2 fully saturated rings. The van der Waals surface area contributed by atoms with Crippen LogP contribution in [0.4, 0.5) is 0 Å². The van der Waals surface area contributed by atoms with Gasteiger partial charge in [-0.25, -0.2) is 0 Å². The molecule has 8 nitrogen and oxygen atoms in total. The Labute approximate surface area is 214 Å². The Kier molecular flexibility index (Phi) is 9.93. The fourth-order valence-electron chi connectivity index (χ4n) is 4.75. The summed E-state index contributed by atoms with van der Waals surface area (Å²) in [5.41, 5.74) is 4.72. The standard InChI is InChI=1S/C26H44N4O4S/c1-6-18(14-19-13-16(19)2)17(3)29-23(31)21-22(35-20-9-7-8-10-20)24(30-34-21)33-15-26(4,5)25(32)28-12-11-27/h16-20H,6-15,27H2,1-5H3,(H,28,32)(H,29,31)/t16-,17?,18?,19?/m0/s1. The van der Waals surface area contributed by atoms with Crippen LogP contribution in [-0.2, 0) is 4.79 Å². The summed E-state index contributed by atoms with van der Waals surface area (Å²) in [7, 11) is 0. The fourth-order valence-corrected chi connectivity index (χ4v) is 6.09. The number of carbonyl (C=O) groups excluding carboxylic acids is 2. The van der Waals surface area contributed by atoms with Gasteiger partial charge in [0.2, 0.25) is 11.7 Å². The molecular weight excluding hydrogens is 464 g/mol. The van der Waals surface area contributed by atoms with Gasteiger partial charge in [-0.05, 0) is 69.4 Å². The summed E-state index contributed by atoms with van der Waals surface area (Å²) in [5, 5.41) is 10.5. The summed E-state index contributed by atoms with van der Waals surface area (Å²) in [6, 6.07) is 0.0456. The summed E-state index contributed by atoms with van der Waals surface area (Å²) < 4.78 is 11.6. The number of amides is 2. The number of carbonyl (C=O) groups is 2. The molecule has 0 radical (unpaired) electrons. The number of ether oxygens (including phenoxy) is 1. The van der Waals surface area contributed by atoms with E-state index in [0.717, 1.165) is 37.5 Å². The molecule has 2 amide bonds. The molecule has 3 unspecified atom stereocenters. The minimum Gasteiger partial charge on any atom is -0.474 e. The number of hydrogen-bond donors (Lipinski definition) is 3. The van der Waals surface area contributed by atoms with Crippen molar-refractivity contribution >= 4 is 23.6 Å². The molecule has 3 rings (SSSR count). The van der Waals surface area contributed by atoms with Crippen molar-refractivity contribution in [1.82, 2.24) is 15.8 Å². The highest BCUT2D eigenvalue weighted by Gasteiger charge is 2.36. The Morgan fingerprint density at radius 1 is 1.31 bits per heavy atom. The number of thioether (sulfide) groups is 1. The normalized spacial score (nSPS) is 22.0. The van der Waals surface area contributed by atoms with Crippen LogP contribution in [0.25, 0.3) is 0 Å². The Hall–Kier alpha value is -1.74. The second-order valence-electron chi connectivity index (χ2n) is 11.0. The average Bonchev–Trinajstić information content (AvgIpc) is 3.19. The van der Waals surface area contributed by atoms with Gasteiger partial charge in [-0.3, -0.25) is 9.59 Å². The third-order valence-corrected chi connectivity index (χ3v) is 8.90. The van der Waals surface area contributed by atoms with E-state index < -0.39 is 5.41 Å². The van der Waals surface area contributed by atoms with Gasteiger partial charge in [-0.15, -0.1) is 11.8 Å². The highest BCUT2D eigenvalue weighted by atomic mass is 32.2. The minimum atomic E-state index is -0.783. The molecule has 1 aromatic heterocycles. The largest absolute Gasteiger partial charge is 0.474 e. The van der Waals surface area contributed by atoms with E-state index in [4.69, 9.17) is 15.0 Å². The molecule has 1 heterocycles. The number of nitrogens with one attached hydrogen (secondary N) is 2. The first-order valence-electron chi connectivity index (χ1n) is 13.2. The Morgan fingerprint density at radius 2 is 2.00 bits per heavy atom. The van der Waals surface area contributed by atoms with Gasteiger partial charge in [0.05, 0.1) is 5.41 Å². The number of hydrogen-bond acceptors (Lipinski definition) is 7. The second kappa shape index (κ2) is 12.5. The van der Waals surface area contributed by atoms with Gasteiger partial charge in [0.15, 0.2) is 0 Å². The Balaban J connectivity index is 1.70. The first kappa shape index (κ1) is 27.8. The van der Waals surface area contributed by atoms with E-state index >= 15 is 0 Å². The van der Waals surface area contributed by atoms with Gasteiger partial charge in [-0.1, -0.05) is 33.1 Å². The molecule has 1 aromatic rings. The quantitative estimate of drug-likeness (QED) is 0.341. The van der Waals surface area contributed by atoms with Crippen LogP contribution in [-0.4, -0.2) is 48.0 Å². The molecule has 0 spiro atoms. The molecule has 0 aliphatic heterocycles. The molecule has 2 aliphatic rings. The van der Waals surface area contributed by atoms with Crippen molar-refractivity contribution in [1.29, 1.82) is 0 Å². The maximum atomic E-state index is 13.3. The predicted molar refractivity (Wildman–Crippen MR) is 139 cm³/mol. The van der Waals surface area contributed by atoms with E-state index in [-0.39, 0.29) is 30.2 Å². The lowest BCUT2D eigenvalue weighted by atomic mass is 9.91. The van der Waals surface area contributed by atoms with Crippen molar-refractivity contribution in [2.24, 2.45) is 28.9 Å². The summed E-state index contributed by atoms with van der Waals surface area (Å²) >= 11 is 1.62. The maximum Gasteiger partial charge on any atom is 0.291 e. The number of nitrogens with two attached hydrogens (primary N) is 1. The van der Waals surface area contributed by atoms with E-state index in [0.29, 0.717) is 35.0 Å². The summed E-state index contributed by atoms with van der Waals surface area (Å²) in [4.78, 5) is 26.4. The topological polar surface area (TPSA) is 119 Å². The van der Waals surface area contributed by atoms with Gasteiger partial charge in [0, 0.05) is 24.4 Å². The van der Waals surface area contributed by atoms with Gasteiger partial charge < -0.3 is 25.6 Å². The maximum absolute atomic E-state index is 13.3. The number of nitrogens with zero attached hydrogens (tertiary/aromatic N) is 1. The monoisotopic (exact) mass is 508 g/mol. The van der Waals surface area contributed by atoms with Crippen LogP contribution in [0.15, 0.2) is 9.42 Å². The van der Waals surface area contributed by atoms with Crippen molar-refractivity contribution in [3.63, 3.8) is 0 Å². The Bertz CT molecular complexity index is 852. The van der Waals surface area contributed by atoms with E-state index in [1.165, 1.54) is 19.3 Å². The summed E-state index contributed by atoms with van der Waals surface area (Å²) in [5.74, 6) is 2.13. The first-order chi connectivity index (χ1) is 16.7. The fraction of sp³-hybridized carbons (Fsp3) is 0.808.